The second-order valence-corrected chi connectivity index (χ2v) is 17.2. The molecule has 2 aliphatic heterocycles. The summed E-state index contributed by atoms with van der Waals surface area (Å²) in [5.74, 6) is -2.34. The number of hydrogen-bond donors (Lipinski definition) is 4. The number of carbonyl (C=O) groups excluding carboxylic acids is 4. The van der Waals surface area contributed by atoms with E-state index in [0.717, 1.165) is 44.5 Å². The highest BCUT2D eigenvalue weighted by Crippen LogP contribution is 2.42. The normalized spacial score (nSPS) is 19.2. The number of benzene rings is 2. The van der Waals surface area contributed by atoms with Crippen molar-refractivity contribution in [3.05, 3.63) is 71.5 Å². The summed E-state index contributed by atoms with van der Waals surface area (Å²) in [6.07, 6.45) is 3.39. The van der Waals surface area contributed by atoms with Crippen molar-refractivity contribution in [3.63, 3.8) is 0 Å². The quantitative estimate of drug-likeness (QED) is 0.172. The number of likely N-dealkylation sites (N-methyl/N-ethyl adjacent to an activating group) is 1. The number of aromatic nitrogens is 2. The first-order valence-corrected chi connectivity index (χ1v) is 20.4. The number of nitrogens with one attached hydrogen (secondary N) is 2. The van der Waals surface area contributed by atoms with Gasteiger partial charge in [0.2, 0.25) is 11.8 Å². The van der Waals surface area contributed by atoms with E-state index in [2.05, 4.69) is 68.1 Å². The molecule has 2 aromatic heterocycles. The molecule has 0 spiro atoms. The van der Waals surface area contributed by atoms with E-state index in [0.29, 0.717) is 31.4 Å². The van der Waals surface area contributed by atoms with Crippen LogP contribution in [0.3, 0.4) is 0 Å². The third kappa shape index (κ3) is 8.75. The summed E-state index contributed by atoms with van der Waals surface area (Å²) in [4.78, 5) is 60.7. The Labute approximate surface area is 340 Å². The van der Waals surface area contributed by atoms with E-state index >= 15 is 0 Å². The highest BCUT2D eigenvalue weighted by Gasteiger charge is 2.37. The summed E-state index contributed by atoms with van der Waals surface area (Å²) in [6.45, 7) is 14.5. The molecule has 1 fully saturated rings. The molecule has 0 aliphatic carbocycles. The van der Waals surface area contributed by atoms with Crippen molar-refractivity contribution in [1.29, 1.82) is 0 Å². The van der Waals surface area contributed by atoms with Crippen LogP contribution in [-0.4, -0.2) is 98.3 Å². The van der Waals surface area contributed by atoms with Gasteiger partial charge in [-0.15, -0.1) is 0 Å². The Morgan fingerprint density at radius 2 is 1.84 bits per heavy atom. The number of carbonyl (C=O) groups is 4. The molecule has 6 bridgehead atoms. The number of hydrogen-bond acceptors (Lipinski definition) is 9. The maximum atomic E-state index is 14.4. The van der Waals surface area contributed by atoms with E-state index < -0.39 is 53.8 Å². The average Bonchev–Trinajstić information content (AvgIpc) is 3.49. The summed E-state index contributed by atoms with van der Waals surface area (Å²) in [5.41, 5.74) is 10.0. The molecule has 6 rings (SSSR count). The Hall–Kier alpha value is -5.27. The lowest BCUT2D eigenvalue weighted by atomic mass is 9.83. The molecular formula is C45H58N6O7. The number of aryl methyl sites for hydroxylation is 1. The SMILES string of the molecule is CCn1c(-c2cccnc2C(C)C)c2c3cc(ccc31)-c1cc(O)cc(c1)C[C@H](NC(=O)[C@H](C(C)C)N(C)C(=O)CO)C(=O)N1CCC[C@H](N1)C(=O)OCC(C)(C)C2. The number of phenols is 1. The number of nitrogens with zero attached hydrogens (tertiary/aromatic N) is 4. The van der Waals surface area contributed by atoms with Crippen LogP contribution in [-0.2, 0) is 43.3 Å². The lowest BCUT2D eigenvalue weighted by Gasteiger charge is -2.36. The molecule has 3 atom stereocenters. The number of aliphatic hydroxyl groups is 1. The largest absolute Gasteiger partial charge is 0.508 e. The van der Waals surface area contributed by atoms with Crippen molar-refractivity contribution in [3.8, 4) is 28.1 Å². The molecule has 310 valence electrons. The number of aromatic hydroxyl groups is 1. The van der Waals surface area contributed by atoms with Crippen LogP contribution >= 0.6 is 0 Å². The van der Waals surface area contributed by atoms with Crippen LogP contribution in [0.2, 0.25) is 0 Å². The van der Waals surface area contributed by atoms with Gasteiger partial charge in [-0.1, -0.05) is 53.7 Å². The zero-order valence-corrected chi connectivity index (χ0v) is 35.0. The predicted molar refractivity (Wildman–Crippen MR) is 222 cm³/mol. The number of pyridine rings is 1. The van der Waals surface area contributed by atoms with Crippen molar-refractivity contribution in [1.82, 2.24) is 30.2 Å². The van der Waals surface area contributed by atoms with Crippen LogP contribution in [0.4, 0.5) is 0 Å². The molecule has 4 heterocycles. The number of cyclic esters (lactones) is 1. The summed E-state index contributed by atoms with van der Waals surface area (Å²) in [5, 5.41) is 26.0. The number of phenolic OH excluding ortho intramolecular Hbond substituents is 1. The highest BCUT2D eigenvalue weighted by molar-refractivity contribution is 5.96. The molecule has 3 amide bonds. The van der Waals surface area contributed by atoms with Crippen molar-refractivity contribution in [2.45, 2.75) is 105 Å². The molecule has 2 aliphatic rings. The van der Waals surface area contributed by atoms with Crippen LogP contribution < -0.4 is 10.7 Å². The summed E-state index contributed by atoms with van der Waals surface area (Å²) in [6, 6.07) is 12.6. The molecule has 0 radical (unpaired) electrons. The number of ether oxygens (including phenoxy) is 1. The second-order valence-electron chi connectivity index (χ2n) is 17.2. The third-order valence-corrected chi connectivity index (χ3v) is 11.3. The van der Waals surface area contributed by atoms with Gasteiger partial charge in [0.05, 0.1) is 18.0 Å². The molecule has 13 heteroatoms. The minimum Gasteiger partial charge on any atom is -0.508 e. The number of amides is 3. The number of esters is 1. The number of rotatable bonds is 8. The van der Waals surface area contributed by atoms with Gasteiger partial charge < -0.3 is 29.7 Å². The molecule has 58 heavy (non-hydrogen) atoms. The van der Waals surface area contributed by atoms with E-state index in [1.165, 1.54) is 17.0 Å². The minimum atomic E-state index is -1.15. The minimum absolute atomic E-state index is 0.00122. The first kappa shape index (κ1) is 42.3. The smallest absolute Gasteiger partial charge is 0.324 e. The fraction of sp³-hybridized carbons (Fsp3) is 0.489. The van der Waals surface area contributed by atoms with Gasteiger partial charge in [0.1, 0.15) is 30.5 Å². The van der Waals surface area contributed by atoms with E-state index in [4.69, 9.17) is 9.72 Å². The number of hydrazine groups is 1. The van der Waals surface area contributed by atoms with Crippen LogP contribution in [0.15, 0.2) is 54.7 Å². The molecule has 4 aromatic rings. The standard InChI is InChI=1S/C45H58N6O7/c1-9-50-37-15-14-29-22-33(37)34(41(50)32-12-10-16-46-39(32)26(2)3)23-45(6,7)25-58-44(57)35-13-11-17-51(48-35)43(56)36(20-28-18-30(29)21-31(53)19-28)47-42(55)40(27(4)5)49(8)38(54)24-52/h10,12,14-16,18-19,21-22,26-27,35-36,40,48,52-53H,9,11,13,17,20,23-25H2,1-8H3,(H,47,55)/t35-,36-,40-/m0/s1. The molecule has 4 N–H and O–H groups in total. The monoisotopic (exact) mass is 794 g/mol. The third-order valence-electron chi connectivity index (χ3n) is 11.3. The topological polar surface area (TPSA) is 166 Å². The number of aliphatic hydroxyl groups excluding tert-OH is 1. The summed E-state index contributed by atoms with van der Waals surface area (Å²) >= 11 is 0. The van der Waals surface area contributed by atoms with Gasteiger partial charge in [-0.25, -0.2) is 5.43 Å². The van der Waals surface area contributed by atoms with Gasteiger partial charge in [-0.05, 0) is 96.7 Å². The molecule has 2 aromatic carbocycles. The first-order chi connectivity index (χ1) is 27.5. The Morgan fingerprint density at radius 1 is 1.09 bits per heavy atom. The Balaban J connectivity index is 1.52. The van der Waals surface area contributed by atoms with Crippen molar-refractivity contribution in [2.24, 2.45) is 11.3 Å². The van der Waals surface area contributed by atoms with Crippen molar-refractivity contribution >= 4 is 34.6 Å². The van der Waals surface area contributed by atoms with Gasteiger partial charge in [0, 0.05) is 54.6 Å². The fourth-order valence-electron chi connectivity index (χ4n) is 8.54. The highest BCUT2D eigenvalue weighted by atomic mass is 16.5. The lowest BCUT2D eigenvalue weighted by molar-refractivity contribution is -0.155. The van der Waals surface area contributed by atoms with Gasteiger partial charge in [-0.2, -0.15) is 0 Å². The van der Waals surface area contributed by atoms with Gasteiger partial charge in [-0.3, -0.25) is 29.2 Å². The van der Waals surface area contributed by atoms with Crippen molar-refractivity contribution in [2.75, 3.05) is 26.8 Å². The second kappa shape index (κ2) is 17.3. The van der Waals surface area contributed by atoms with E-state index in [1.807, 2.05) is 24.4 Å². The summed E-state index contributed by atoms with van der Waals surface area (Å²) < 4.78 is 8.38. The zero-order valence-electron chi connectivity index (χ0n) is 35.0. The van der Waals surface area contributed by atoms with E-state index in [-0.39, 0.29) is 37.2 Å². The number of fused-ring (bicyclic) bond motifs is 6. The Morgan fingerprint density at radius 3 is 2.53 bits per heavy atom. The van der Waals surface area contributed by atoms with Crippen LogP contribution in [0.5, 0.6) is 5.75 Å². The Bertz CT molecular complexity index is 2190. The van der Waals surface area contributed by atoms with E-state index in [1.54, 1.807) is 26.0 Å². The lowest BCUT2D eigenvalue weighted by Crippen LogP contribution is -2.62. The maximum Gasteiger partial charge on any atom is 0.324 e. The van der Waals surface area contributed by atoms with Gasteiger partial charge in [0.25, 0.3) is 5.91 Å². The molecule has 0 saturated carbocycles. The molecular weight excluding hydrogens is 737 g/mol. The van der Waals surface area contributed by atoms with Crippen molar-refractivity contribution < 1.29 is 34.1 Å². The van der Waals surface area contributed by atoms with Gasteiger partial charge in [0.15, 0.2) is 0 Å². The van der Waals surface area contributed by atoms with E-state index in [9.17, 15) is 29.4 Å². The van der Waals surface area contributed by atoms with Crippen LogP contribution in [0.25, 0.3) is 33.3 Å². The van der Waals surface area contributed by atoms with Gasteiger partial charge >= 0.3 is 5.97 Å². The Kier molecular flexibility index (Phi) is 12.6. The summed E-state index contributed by atoms with van der Waals surface area (Å²) in [7, 11) is 1.44. The predicted octanol–water partition coefficient (Wildman–Crippen LogP) is 5.34. The van der Waals surface area contributed by atoms with Crippen LogP contribution in [0, 0.1) is 11.3 Å². The first-order valence-electron chi connectivity index (χ1n) is 20.4. The molecule has 1 saturated heterocycles. The van der Waals surface area contributed by atoms with Crippen LogP contribution in [0.1, 0.15) is 84.0 Å². The zero-order chi connectivity index (χ0) is 42.1. The average molecular weight is 795 g/mol. The fourth-order valence-corrected chi connectivity index (χ4v) is 8.54. The molecule has 13 nitrogen and oxygen atoms in total. The maximum absolute atomic E-state index is 14.4. The molecule has 0 unspecified atom stereocenters.